The Labute approximate surface area is 104 Å². The molecule has 1 aromatic carbocycles. The van der Waals surface area contributed by atoms with Gasteiger partial charge in [-0.05, 0) is 23.8 Å². The first-order valence-corrected chi connectivity index (χ1v) is 5.50. The van der Waals surface area contributed by atoms with Crippen molar-refractivity contribution in [3.63, 3.8) is 0 Å². The molecular formula is C13H11ClN2O. The van der Waals surface area contributed by atoms with Gasteiger partial charge in [-0.3, -0.25) is 9.48 Å². The van der Waals surface area contributed by atoms with Crippen molar-refractivity contribution in [2.24, 2.45) is 7.05 Å². The zero-order valence-electron chi connectivity index (χ0n) is 9.30. The van der Waals surface area contributed by atoms with Crippen molar-refractivity contribution in [2.75, 3.05) is 0 Å². The molecule has 17 heavy (non-hydrogen) atoms. The molecule has 1 aromatic heterocycles. The second-order valence-corrected chi connectivity index (χ2v) is 4.03. The van der Waals surface area contributed by atoms with Gasteiger partial charge in [0, 0.05) is 18.3 Å². The minimum absolute atomic E-state index is 0.0852. The molecule has 0 saturated carbocycles. The minimum Gasteiger partial charge on any atom is -0.289 e. The molecule has 0 saturated heterocycles. The third-order valence-electron chi connectivity index (χ3n) is 2.31. The number of benzene rings is 1. The summed E-state index contributed by atoms with van der Waals surface area (Å²) >= 11 is 5.98. The number of ketones is 1. The predicted octanol–water partition coefficient (Wildman–Crippen LogP) is 2.97. The van der Waals surface area contributed by atoms with E-state index in [4.69, 9.17) is 11.6 Å². The summed E-state index contributed by atoms with van der Waals surface area (Å²) in [6.45, 7) is 0. The first-order chi connectivity index (χ1) is 8.16. The van der Waals surface area contributed by atoms with Crippen LogP contribution in [0.3, 0.4) is 0 Å². The van der Waals surface area contributed by atoms with E-state index >= 15 is 0 Å². The largest absolute Gasteiger partial charge is 0.289 e. The molecule has 3 nitrogen and oxygen atoms in total. The smallest absolute Gasteiger partial charge is 0.189 e. The van der Waals surface area contributed by atoms with Crippen LogP contribution in [0.1, 0.15) is 15.9 Å². The Morgan fingerprint density at radius 3 is 2.82 bits per heavy atom. The Morgan fingerprint density at radius 2 is 2.18 bits per heavy atom. The molecule has 1 heterocycles. The van der Waals surface area contributed by atoms with Crippen molar-refractivity contribution in [1.29, 1.82) is 0 Å². The normalized spacial score (nSPS) is 10.9. The molecular weight excluding hydrogens is 236 g/mol. The summed E-state index contributed by atoms with van der Waals surface area (Å²) < 4.78 is 1.59. The van der Waals surface area contributed by atoms with Gasteiger partial charge in [0.25, 0.3) is 0 Å². The average molecular weight is 247 g/mol. The summed E-state index contributed by atoms with van der Waals surface area (Å²) in [6.07, 6.45) is 6.43. The molecule has 86 valence electrons. The van der Waals surface area contributed by atoms with Crippen molar-refractivity contribution in [3.8, 4) is 0 Å². The average Bonchev–Trinajstić information content (AvgIpc) is 2.74. The summed E-state index contributed by atoms with van der Waals surface area (Å²) in [6, 6.07) is 7.37. The Bertz CT molecular complexity index is 572. The number of allylic oxidation sites excluding steroid dienone is 1. The van der Waals surface area contributed by atoms with E-state index in [2.05, 4.69) is 5.10 Å². The number of hydrogen-bond acceptors (Lipinski definition) is 2. The lowest BCUT2D eigenvalue weighted by atomic mass is 10.1. The van der Waals surface area contributed by atoms with E-state index < -0.39 is 0 Å². The maximum atomic E-state index is 11.8. The van der Waals surface area contributed by atoms with Crippen molar-refractivity contribution in [1.82, 2.24) is 9.78 Å². The van der Waals surface area contributed by atoms with E-state index in [0.29, 0.717) is 10.6 Å². The molecule has 0 bridgehead atoms. The van der Waals surface area contributed by atoms with Crippen LogP contribution in [-0.2, 0) is 7.05 Å². The molecule has 2 rings (SSSR count). The van der Waals surface area contributed by atoms with Gasteiger partial charge in [-0.2, -0.15) is 5.10 Å². The number of aryl methyl sites for hydroxylation is 1. The Balaban J connectivity index is 2.17. The number of nitrogens with zero attached hydrogens (tertiary/aromatic N) is 2. The molecule has 0 aliphatic heterocycles. The Hall–Kier alpha value is -1.87. The summed E-state index contributed by atoms with van der Waals surface area (Å²) in [7, 11) is 1.77. The van der Waals surface area contributed by atoms with Crippen molar-refractivity contribution in [2.45, 2.75) is 0 Å². The Kier molecular flexibility index (Phi) is 3.40. The number of halogens is 1. The van der Waals surface area contributed by atoms with E-state index in [9.17, 15) is 4.79 Å². The van der Waals surface area contributed by atoms with Crippen LogP contribution < -0.4 is 0 Å². The lowest BCUT2D eigenvalue weighted by Gasteiger charge is -1.95. The molecule has 0 amide bonds. The maximum Gasteiger partial charge on any atom is 0.189 e. The monoisotopic (exact) mass is 246 g/mol. The molecule has 0 N–H and O–H groups in total. The highest BCUT2D eigenvalue weighted by Crippen LogP contribution is 2.16. The molecule has 0 radical (unpaired) electrons. The van der Waals surface area contributed by atoms with Crippen LogP contribution in [0.5, 0.6) is 0 Å². The van der Waals surface area contributed by atoms with Crippen molar-refractivity contribution in [3.05, 3.63) is 58.9 Å². The van der Waals surface area contributed by atoms with Gasteiger partial charge in [-0.1, -0.05) is 29.8 Å². The number of aromatic nitrogens is 2. The third kappa shape index (κ3) is 2.82. The van der Waals surface area contributed by atoms with E-state index in [1.807, 2.05) is 18.2 Å². The maximum absolute atomic E-state index is 11.8. The standard InChI is InChI=1S/C13H11ClN2O/c1-16-9-11(8-15-16)13(17)7-6-10-4-2-3-5-12(10)14/h2-9H,1H3/b7-6-. The molecule has 4 heteroatoms. The Morgan fingerprint density at radius 1 is 1.41 bits per heavy atom. The molecule has 0 fully saturated rings. The fraction of sp³-hybridized carbons (Fsp3) is 0.0769. The van der Waals surface area contributed by atoms with Crippen molar-refractivity contribution >= 4 is 23.5 Å². The van der Waals surface area contributed by atoms with E-state index in [0.717, 1.165) is 5.56 Å². The second-order valence-electron chi connectivity index (χ2n) is 3.62. The van der Waals surface area contributed by atoms with Gasteiger partial charge in [0.15, 0.2) is 5.78 Å². The molecule has 0 aliphatic carbocycles. The zero-order valence-corrected chi connectivity index (χ0v) is 10.1. The van der Waals surface area contributed by atoms with Crippen LogP contribution in [0.2, 0.25) is 5.02 Å². The second kappa shape index (κ2) is 4.97. The number of carbonyl (C=O) groups excluding carboxylic acids is 1. The van der Waals surface area contributed by atoms with Crippen LogP contribution >= 0.6 is 11.6 Å². The number of hydrogen-bond donors (Lipinski definition) is 0. The van der Waals surface area contributed by atoms with Gasteiger partial charge in [0.05, 0.1) is 11.8 Å². The minimum atomic E-state index is -0.0852. The van der Waals surface area contributed by atoms with Crippen LogP contribution in [0.4, 0.5) is 0 Å². The van der Waals surface area contributed by atoms with Gasteiger partial charge in [0.2, 0.25) is 0 Å². The topological polar surface area (TPSA) is 34.9 Å². The zero-order chi connectivity index (χ0) is 12.3. The first-order valence-electron chi connectivity index (χ1n) is 5.12. The number of carbonyl (C=O) groups is 1. The van der Waals surface area contributed by atoms with E-state index in [-0.39, 0.29) is 5.78 Å². The summed E-state index contributed by atoms with van der Waals surface area (Å²) in [4.78, 5) is 11.8. The number of rotatable bonds is 3. The van der Waals surface area contributed by atoms with Crippen LogP contribution in [0, 0.1) is 0 Å². The fourth-order valence-electron chi connectivity index (χ4n) is 1.42. The van der Waals surface area contributed by atoms with Gasteiger partial charge < -0.3 is 0 Å². The molecule has 2 aromatic rings. The molecule has 0 atom stereocenters. The van der Waals surface area contributed by atoms with Crippen molar-refractivity contribution < 1.29 is 4.79 Å². The molecule has 0 spiro atoms. The van der Waals surface area contributed by atoms with Crippen LogP contribution in [0.25, 0.3) is 6.08 Å². The lowest BCUT2D eigenvalue weighted by molar-refractivity contribution is 0.104. The summed E-state index contributed by atoms with van der Waals surface area (Å²) in [5.41, 5.74) is 1.39. The van der Waals surface area contributed by atoms with Gasteiger partial charge in [-0.15, -0.1) is 0 Å². The highest BCUT2D eigenvalue weighted by Gasteiger charge is 2.03. The van der Waals surface area contributed by atoms with Crippen LogP contribution in [0.15, 0.2) is 42.7 Å². The summed E-state index contributed by atoms with van der Waals surface area (Å²) in [5.74, 6) is -0.0852. The van der Waals surface area contributed by atoms with Crippen LogP contribution in [-0.4, -0.2) is 15.6 Å². The SMILES string of the molecule is Cn1cc(C(=O)/C=C\c2ccccc2Cl)cn1. The summed E-state index contributed by atoms with van der Waals surface area (Å²) in [5, 5.41) is 4.57. The quantitative estimate of drug-likeness (QED) is 0.617. The lowest BCUT2D eigenvalue weighted by Crippen LogP contribution is -1.91. The third-order valence-corrected chi connectivity index (χ3v) is 2.65. The highest BCUT2D eigenvalue weighted by atomic mass is 35.5. The van der Waals surface area contributed by atoms with E-state index in [1.165, 1.54) is 6.08 Å². The molecule has 0 aliphatic rings. The highest BCUT2D eigenvalue weighted by molar-refractivity contribution is 6.32. The van der Waals surface area contributed by atoms with Gasteiger partial charge >= 0.3 is 0 Å². The van der Waals surface area contributed by atoms with E-state index in [1.54, 1.807) is 36.3 Å². The molecule has 0 unspecified atom stereocenters. The van der Waals surface area contributed by atoms with Gasteiger partial charge in [-0.25, -0.2) is 0 Å². The fourth-order valence-corrected chi connectivity index (χ4v) is 1.62. The van der Waals surface area contributed by atoms with Gasteiger partial charge in [0.1, 0.15) is 0 Å². The predicted molar refractivity (Wildman–Crippen MR) is 68.0 cm³/mol. The first kappa shape index (κ1) is 11.6.